The predicted octanol–water partition coefficient (Wildman–Crippen LogP) is 1.63. The average Bonchev–Trinajstić information content (AvgIpc) is 2.68. The van der Waals surface area contributed by atoms with Gasteiger partial charge < -0.3 is 15.0 Å². The highest BCUT2D eigenvalue weighted by molar-refractivity contribution is 5.69. The van der Waals surface area contributed by atoms with Crippen molar-refractivity contribution in [3.05, 3.63) is 12.7 Å². The number of ether oxygens (including phenoxy) is 1. The minimum atomic E-state index is -0.432. The first kappa shape index (κ1) is 12.4. The van der Waals surface area contributed by atoms with Crippen LogP contribution in [0.4, 0.5) is 4.79 Å². The van der Waals surface area contributed by atoms with E-state index in [2.05, 4.69) is 11.9 Å². The van der Waals surface area contributed by atoms with E-state index in [1.54, 1.807) is 6.08 Å². The number of nitrogens with zero attached hydrogens (tertiary/aromatic N) is 1. The van der Waals surface area contributed by atoms with Gasteiger partial charge in [0.1, 0.15) is 5.60 Å². The molecule has 1 heterocycles. The minimum Gasteiger partial charge on any atom is -0.444 e. The SMILES string of the molecule is C=CCN(C(=O)OC(C)(C)C)C1C2CNCC21. The number of hydrogen-bond donors (Lipinski definition) is 1. The van der Waals surface area contributed by atoms with Crippen molar-refractivity contribution in [2.75, 3.05) is 19.6 Å². The molecule has 0 aromatic carbocycles. The standard InChI is InChI=1S/C13H22N2O2/c1-5-6-15(12(16)17-13(2,3)4)11-9-7-14-8-10(9)11/h5,9-11,14H,1,6-8H2,2-4H3. The van der Waals surface area contributed by atoms with Crippen LogP contribution in [0.2, 0.25) is 0 Å². The van der Waals surface area contributed by atoms with Gasteiger partial charge in [-0.3, -0.25) is 0 Å². The second-order valence-corrected chi connectivity index (χ2v) is 5.90. The molecule has 0 aromatic rings. The zero-order valence-corrected chi connectivity index (χ0v) is 10.9. The van der Waals surface area contributed by atoms with Gasteiger partial charge in [0.15, 0.2) is 0 Å². The molecule has 0 bridgehead atoms. The number of carbonyl (C=O) groups excluding carboxylic acids is 1. The van der Waals surface area contributed by atoms with E-state index in [-0.39, 0.29) is 6.09 Å². The lowest BCUT2D eigenvalue weighted by atomic mass is 10.2. The van der Waals surface area contributed by atoms with Gasteiger partial charge in [-0.1, -0.05) is 6.08 Å². The summed E-state index contributed by atoms with van der Waals surface area (Å²) in [6, 6.07) is 0.351. The molecule has 0 radical (unpaired) electrons. The van der Waals surface area contributed by atoms with E-state index in [9.17, 15) is 4.79 Å². The highest BCUT2D eigenvalue weighted by atomic mass is 16.6. The van der Waals surface area contributed by atoms with Gasteiger partial charge in [0.25, 0.3) is 0 Å². The summed E-state index contributed by atoms with van der Waals surface area (Å²) in [5.74, 6) is 1.23. The summed E-state index contributed by atoms with van der Waals surface area (Å²) in [5, 5.41) is 3.33. The minimum absolute atomic E-state index is 0.211. The van der Waals surface area contributed by atoms with Crippen molar-refractivity contribution in [3.8, 4) is 0 Å². The second-order valence-electron chi connectivity index (χ2n) is 5.90. The first-order valence-corrected chi connectivity index (χ1v) is 6.25. The summed E-state index contributed by atoms with van der Waals surface area (Å²) < 4.78 is 5.44. The maximum Gasteiger partial charge on any atom is 0.410 e. The van der Waals surface area contributed by atoms with Crippen molar-refractivity contribution >= 4 is 6.09 Å². The quantitative estimate of drug-likeness (QED) is 0.760. The van der Waals surface area contributed by atoms with Crippen LogP contribution in [0.5, 0.6) is 0 Å². The Labute approximate surface area is 103 Å². The number of hydrogen-bond acceptors (Lipinski definition) is 3. The molecule has 2 rings (SSSR count). The number of nitrogens with one attached hydrogen (secondary N) is 1. The van der Waals surface area contributed by atoms with Gasteiger partial charge in [-0.15, -0.1) is 6.58 Å². The predicted molar refractivity (Wildman–Crippen MR) is 66.8 cm³/mol. The molecule has 1 aliphatic heterocycles. The lowest BCUT2D eigenvalue weighted by Crippen LogP contribution is -2.41. The molecule has 1 N–H and O–H groups in total. The molecule has 4 heteroatoms. The van der Waals surface area contributed by atoms with Crippen LogP contribution in [0, 0.1) is 11.8 Å². The van der Waals surface area contributed by atoms with Gasteiger partial charge in [-0.05, 0) is 32.6 Å². The normalized spacial score (nSPS) is 30.6. The molecule has 0 spiro atoms. The van der Waals surface area contributed by atoms with Gasteiger partial charge in [0.2, 0.25) is 0 Å². The zero-order chi connectivity index (χ0) is 12.6. The molecule has 4 nitrogen and oxygen atoms in total. The van der Waals surface area contributed by atoms with E-state index in [1.807, 2.05) is 25.7 Å². The van der Waals surface area contributed by atoms with E-state index in [1.165, 1.54) is 0 Å². The summed E-state index contributed by atoms with van der Waals surface area (Å²) in [4.78, 5) is 13.9. The summed E-state index contributed by atoms with van der Waals surface area (Å²) in [7, 11) is 0. The average molecular weight is 238 g/mol. The fraction of sp³-hybridized carbons (Fsp3) is 0.769. The fourth-order valence-electron chi connectivity index (χ4n) is 2.63. The maximum atomic E-state index is 12.1. The molecule has 1 amide bonds. The second kappa shape index (κ2) is 4.33. The van der Waals surface area contributed by atoms with Crippen molar-refractivity contribution in [2.45, 2.75) is 32.4 Å². The van der Waals surface area contributed by atoms with Crippen molar-refractivity contribution in [1.82, 2.24) is 10.2 Å². The first-order chi connectivity index (χ1) is 7.94. The Morgan fingerprint density at radius 3 is 2.53 bits per heavy atom. The molecule has 96 valence electrons. The van der Waals surface area contributed by atoms with Crippen LogP contribution in [0.1, 0.15) is 20.8 Å². The molecule has 2 unspecified atom stereocenters. The molecule has 1 aliphatic carbocycles. The number of piperidine rings is 1. The third-order valence-electron chi connectivity index (χ3n) is 3.36. The Morgan fingerprint density at radius 1 is 1.47 bits per heavy atom. The number of rotatable bonds is 3. The van der Waals surface area contributed by atoms with Crippen molar-refractivity contribution in [3.63, 3.8) is 0 Å². The summed E-state index contributed by atoms with van der Waals surface area (Å²) in [5.41, 5.74) is -0.432. The van der Waals surface area contributed by atoms with Crippen LogP contribution in [0.15, 0.2) is 12.7 Å². The van der Waals surface area contributed by atoms with Gasteiger partial charge >= 0.3 is 6.09 Å². The molecule has 2 aliphatic rings. The Bertz CT molecular complexity index is 312. The third-order valence-corrected chi connectivity index (χ3v) is 3.36. The molecular formula is C13H22N2O2. The summed E-state index contributed by atoms with van der Waals surface area (Å²) >= 11 is 0. The molecule has 0 aromatic heterocycles. The smallest absolute Gasteiger partial charge is 0.410 e. The molecule has 17 heavy (non-hydrogen) atoms. The molecular weight excluding hydrogens is 216 g/mol. The van der Waals surface area contributed by atoms with Gasteiger partial charge in [-0.2, -0.15) is 0 Å². The van der Waals surface area contributed by atoms with E-state index in [0.717, 1.165) is 13.1 Å². The lowest BCUT2D eigenvalue weighted by Gasteiger charge is -2.28. The Morgan fingerprint density at radius 2 is 2.06 bits per heavy atom. The topological polar surface area (TPSA) is 41.6 Å². The Kier molecular flexibility index (Phi) is 3.17. The van der Waals surface area contributed by atoms with E-state index < -0.39 is 5.60 Å². The monoisotopic (exact) mass is 238 g/mol. The van der Waals surface area contributed by atoms with Gasteiger partial charge in [0, 0.05) is 25.7 Å². The number of fused-ring (bicyclic) bond motifs is 1. The van der Waals surface area contributed by atoms with Crippen molar-refractivity contribution in [1.29, 1.82) is 0 Å². The van der Waals surface area contributed by atoms with E-state index in [0.29, 0.717) is 24.4 Å². The van der Waals surface area contributed by atoms with Crippen molar-refractivity contribution in [2.24, 2.45) is 11.8 Å². The number of amides is 1. The van der Waals surface area contributed by atoms with E-state index in [4.69, 9.17) is 4.74 Å². The summed E-state index contributed by atoms with van der Waals surface area (Å²) in [6.07, 6.45) is 1.56. The van der Waals surface area contributed by atoms with Crippen molar-refractivity contribution < 1.29 is 9.53 Å². The fourth-order valence-corrected chi connectivity index (χ4v) is 2.63. The van der Waals surface area contributed by atoms with Crippen LogP contribution in [-0.2, 0) is 4.74 Å². The van der Waals surface area contributed by atoms with Gasteiger partial charge in [-0.25, -0.2) is 4.79 Å². The van der Waals surface area contributed by atoms with Crippen LogP contribution in [-0.4, -0.2) is 42.3 Å². The third kappa shape index (κ3) is 2.63. The highest BCUT2D eigenvalue weighted by Gasteiger charge is 2.57. The first-order valence-electron chi connectivity index (χ1n) is 6.25. The molecule has 1 saturated heterocycles. The molecule has 2 atom stereocenters. The highest BCUT2D eigenvalue weighted by Crippen LogP contribution is 2.46. The van der Waals surface area contributed by atoms with Crippen LogP contribution < -0.4 is 5.32 Å². The van der Waals surface area contributed by atoms with E-state index >= 15 is 0 Å². The maximum absolute atomic E-state index is 12.1. The lowest BCUT2D eigenvalue weighted by molar-refractivity contribution is 0.0236. The zero-order valence-electron chi connectivity index (χ0n) is 10.9. The Hall–Kier alpha value is -1.03. The molecule has 1 saturated carbocycles. The van der Waals surface area contributed by atoms with Gasteiger partial charge in [0.05, 0.1) is 0 Å². The van der Waals surface area contributed by atoms with Crippen LogP contribution in [0.25, 0.3) is 0 Å². The molecule has 2 fully saturated rings. The van der Waals surface area contributed by atoms with Crippen LogP contribution >= 0.6 is 0 Å². The summed E-state index contributed by atoms with van der Waals surface area (Å²) in [6.45, 7) is 12.0. The number of carbonyl (C=O) groups is 1. The largest absolute Gasteiger partial charge is 0.444 e. The van der Waals surface area contributed by atoms with Crippen LogP contribution in [0.3, 0.4) is 0 Å². The Balaban J connectivity index is 1.98.